The molecule has 4 nitrogen and oxygen atoms in total. The molecular weight excluding hydrogens is 386 g/mol. The average Bonchev–Trinajstić information content (AvgIpc) is 3.05. The predicted molar refractivity (Wildman–Crippen MR) is 123 cm³/mol. The minimum atomic E-state index is -0.630. The van der Waals surface area contributed by atoms with E-state index in [4.69, 9.17) is 0 Å². The summed E-state index contributed by atoms with van der Waals surface area (Å²) in [5.41, 5.74) is 0.347. The first kappa shape index (κ1) is 23.1. The first-order valence-corrected chi connectivity index (χ1v) is 13.1. The maximum absolute atomic E-state index is 12.5. The predicted octanol–water partition coefficient (Wildman–Crippen LogP) is 5.90. The molecule has 3 saturated carbocycles. The van der Waals surface area contributed by atoms with Gasteiger partial charge in [-0.05, 0) is 84.9 Å². The molecule has 1 saturated heterocycles. The van der Waals surface area contributed by atoms with E-state index in [1.54, 1.807) is 0 Å². The molecule has 1 amide bonds. The molecule has 0 aromatic heterocycles. The topological polar surface area (TPSA) is 66.4 Å². The lowest BCUT2D eigenvalue weighted by molar-refractivity contribution is -0.168. The van der Waals surface area contributed by atoms with Crippen LogP contribution in [-0.2, 0) is 9.59 Å². The first-order chi connectivity index (χ1) is 14.6. The van der Waals surface area contributed by atoms with Gasteiger partial charge in [-0.3, -0.25) is 9.59 Å². The standard InChI is InChI=1S/C27H45NO3/c1-16(2)7-6-8-17(3)19-9-10-20-24-18(25(30)31)15-22-27(5,14-12-23(29)28-22)21(24)11-13-26(19,20)4/h16-22,24H,6-15H2,1-5H3,(H,28,29)(H,30,31)/t17?,18-,19?,20?,21?,22+,24?,26+,27+/m0/s1. The molecule has 9 atom stereocenters. The number of carboxylic acids is 1. The summed E-state index contributed by atoms with van der Waals surface area (Å²) in [5, 5.41) is 13.5. The fourth-order valence-electron chi connectivity index (χ4n) is 8.99. The molecule has 5 unspecified atom stereocenters. The first-order valence-electron chi connectivity index (χ1n) is 13.1. The van der Waals surface area contributed by atoms with Gasteiger partial charge in [0.15, 0.2) is 0 Å². The number of piperidine rings is 1. The molecule has 4 rings (SSSR count). The second-order valence-electron chi connectivity index (χ2n) is 12.6. The third-order valence-electron chi connectivity index (χ3n) is 10.7. The van der Waals surface area contributed by atoms with Crippen LogP contribution in [0.2, 0.25) is 0 Å². The summed E-state index contributed by atoms with van der Waals surface area (Å²) in [7, 11) is 0. The molecule has 0 bridgehead atoms. The zero-order valence-corrected chi connectivity index (χ0v) is 20.5. The fraction of sp³-hybridized carbons (Fsp3) is 0.926. The smallest absolute Gasteiger partial charge is 0.306 e. The van der Waals surface area contributed by atoms with Gasteiger partial charge >= 0.3 is 5.97 Å². The Hall–Kier alpha value is -1.06. The Bertz CT molecular complexity index is 705. The number of carbonyl (C=O) groups excluding carboxylic acids is 1. The van der Waals surface area contributed by atoms with E-state index in [0.29, 0.717) is 24.7 Å². The second-order valence-corrected chi connectivity index (χ2v) is 12.6. The highest BCUT2D eigenvalue weighted by Crippen LogP contribution is 2.67. The van der Waals surface area contributed by atoms with Crippen LogP contribution in [0.3, 0.4) is 0 Å². The quantitative estimate of drug-likeness (QED) is 0.550. The molecule has 3 aliphatic carbocycles. The van der Waals surface area contributed by atoms with E-state index in [0.717, 1.165) is 30.6 Å². The van der Waals surface area contributed by atoms with Gasteiger partial charge in [0.05, 0.1) is 5.92 Å². The van der Waals surface area contributed by atoms with Crippen LogP contribution in [0.1, 0.15) is 98.8 Å². The molecular formula is C27H45NO3. The van der Waals surface area contributed by atoms with E-state index in [2.05, 4.69) is 39.9 Å². The summed E-state index contributed by atoms with van der Waals surface area (Å²) in [4.78, 5) is 24.6. The monoisotopic (exact) mass is 431 g/mol. The van der Waals surface area contributed by atoms with Crippen molar-refractivity contribution >= 4 is 11.9 Å². The highest BCUT2D eigenvalue weighted by Gasteiger charge is 2.64. The Morgan fingerprint density at radius 2 is 1.77 bits per heavy atom. The van der Waals surface area contributed by atoms with Crippen molar-refractivity contribution < 1.29 is 14.7 Å². The number of rotatable bonds is 6. The summed E-state index contributed by atoms with van der Waals surface area (Å²) in [6, 6.07) is 0.0348. The number of fused-ring (bicyclic) bond motifs is 5. The van der Waals surface area contributed by atoms with E-state index in [1.165, 1.54) is 38.5 Å². The molecule has 0 aromatic carbocycles. The van der Waals surface area contributed by atoms with Crippen LogP contribution in [0.25, 0.3) is 0 Å². The normalized spacial score (nSPS) is 45.4. The summed E-state index contributed by atoms with van der Waals surface area (Å²) in [5.74, 6) is 2.66. The molecule has 31 heavy (non-hydrogen) atoms. The number of amides is 1. The van der Waals surface area contributed by atoms with Crippen molar-refractivity contribution in [2.75, 3.05) is 0 Å². The molecule has 0 spiro atoms. The molecule has 1 aliphatic heterocycles. The molecule has 1 heterocycles. The van der Waals surface area contributed by atoms with Crippen molar-refractivity contribution in [3.05, 3.63) is 0 Å². The van der Waals surface area contributed by atoms with Gasteiger partial charge in [-0.2, -0.15) is 0 Å². The van der Waals surface area contributed by atoms with E-state index in [9.17, 15) is 14.7 Å². The van der Waals surface area contributed by atoms with Crippen LogP contribution < -0.4 is 5.32 Å². The second kappa shape index (κ2) is 8.37. The van der Waals surface area contributed by atoms with Gasteiger partial charge in [0, 0.05) is 12.5 Å². The molecule has 176 valence electrons. The van der Waals surface area contributed by atoms with Gasteiger partial charge in [-0.25, -0.2) is 0 Å². The lowest BCUT2D eigenvalue weighted by Crippen LogP contribution is -2.64. The van der Waals surface area contributed by atoms with Gasteiger partial charge in [0.25, 0.3) is 0 Å². The minimum Gasteiger partial charge on any atom is -0.481 e. The molecule has 2 N–H and O–H groups in total. The Kier molecular flexibility index (Phi) is 6.24. The van der Waals surface area contributed by atoms with Crippen molar-refractivity contribution in [2.24, 2.45) is 52.3 Å². The van der Waals surface area contributed by atoms with Gasteiger partial charge < -0.3 is 10.4 Å². The number of carboxylic acid groups (broad SMARTS) is 1. The third kappa shape index (κ3) is 3.84. The van der Waals surface area contributed by atoms with Gasteiger partial charge in [0.2, 0.25) is 5.91 Å². The Morgan fingerprint density at radius 3 is 2.45 bits per heavy atom. The zero-order valence-electron chi connectivity index (χ0n) is 20.5. The average molecular weight is 432 g/mol. The van der Waals surface area contributed by atoms with Crippen molar-refractivity contribution in [2.45, 2.75) is 105 Å². The van der Waals surface area contributed by atoms with Crippen LogP contribution in [0, 0.1) is 52.3 Å². The summed E-state index contributed by atoms with van der Waals surface area (Å²) >= 11 is 0. The molecule has 0 aromatic rings. The van der Waals surface area contributed by atoms with Crippen molar-refractivity contribution in [1.29, 1.82) is 0 Å². The van der Waals surface area contributed by atoms with E-state index >= 15 is 0 Å². The lowest BCUT2D eigenvalue weighted by Gasteiger charge is -2.62. The maximum atomic E-state index is 12.5. The Balaban J connectivity index is 1.58. The molecule has 4 aliphatic rings. The fourth-order valence-corrected chi connectivity index (χ4v) is 8.99. The van der Waals surface area contributed by atoms with Crippen LogP contribution in [0.5, 0.6) is 0 Å². The van der Waals surface area contributed by atoms with Crippen molar-refractivity contribution in [3.63, 3.8) is 0 Å². The highest BCUT2D eigenvalue weighted by molar-refractivity contribution is 5.78. The van der Waals surface area contributed by atoms with Gasteiger partial charge in [-0.1, -0.05) is 53.9 Å². The maximum Gasteiger partial charge on any atom is 0.306 e. The van der Waals surface area contributed by atoms with Crippen LogP contribution in [0.4, 0.5) is 0 Å². The third-order valence-corrected chi connectivity index (χ3v) is 10.7. The van der Waals surface area contributed by atoms with Crippen LogP contribution >= 0.6 is 0 Å². The molecule has 4 fully saturated rings. The van der Waals surface area contributed by atoms with Crippen molar-refractivity contribution in [3.8, 4) is 0 Å². The van der Waals surface area contributed by atoms with Crippen LogP contribution in [0.15, 0.2) is 0 Å². The summed E-state index contributed by atoms with van der Waals surface area (Å²) in [6.45, 7) is 12.0. The Labute approximate surface area is 189 Å². The summed E-state index contributed by atoms with van der Waals surface area (Å²) < 4.78 is 0. The van der Waals surface area contributed by atoms with Gasteiger partial charge in [0.1, 0.15) is 0 Å². The largest absolute Gasteiger partial charge is 0.481 e. The highest BCUT2D eigenvalue weighted by atomic mass is 16.4. The lowest BCUT2D eigenvalue weighted by atomic mass is 9.44. The van der Waals surface area contributed by atoms with E-state index in [1.807, 2.05) is 0 Å². The number of aliphatic carboxylic acids is 1. The summed E-state index contributed by atoms with van der Waals surface area (Å²) in [6.07, 6.45) is 11.0. The minimum absolute atomic E-state index is 0.0348. The number of carbonyl (C=O) groups is 2. The number of hydrogen-bond donors (Lipinski definition) is 2. The number of hydrogen-bond acceptors (Lipinski definition) is 2. The number of nitrogens with one attached hydrogen (secondary N) is 1. The van der Waals surface area contributed by atoms with E-state index in [-0.39, 0.29) is 34.6 Å². The zero-order chi connectivity index (χ0) is 22.6. The molecule has 4 heteroatoms. The van der Waals surface area contributed by atoms with E-state index < -0.39 is 5.97 Å². The SMILES string of the molecule is CC(C)CCCC(C)C1CCC2C3C(CC[C@]12C)[C@@]1(C)CCC(=O)N[C@@H]1C[C@@H]3C(=O)O. The molecule has 0 radical (unpaired) electrons. The van der Waals surface area contributed by atoms with Crippen molar-refractivity contribution in [1.82, 2.24) is 5.32 Å². The Morgan fingerprint density at radius 1 is 1.06 bits per heavy atom. The van der Waals surface area contributed by atoms with Gasteiger partial charge in [-0.15, -0.1) is 0 Å². The van der Waals surface area contributed by atoms with Crippen LogP contribution in [-0.4, -0.2) is 23.0 Å².